The van der Waals surface area contributed by atoms with E-state index in [1.807, 2.05) is 0 Å². The first-order valence-corrected chi connectivity index (χ1v) is 7.89. The lowest BCUT2D eigenvalue weighted by atomic mass is 9.82. The van der Waals surface area contributed by atoms with Crippen molar-refractivity contribution in [2.75, 3.05) is 6.54 Å². The van der Waals surface area contributed by atoms with Gasteiger partial charge in [-0.25, -0.2) is 0 Å². The smallest absolute Gasteiger partial charge is 0.0140 e. The van der Waals surface area contributed by atoms with Crippen molar-refractivity contribution in [1.29, 1.82) is 0 Å². The highest BCUT2D eigenvalue weighted by Crippen LogP contribution is 2.28. The van der Waals surface area contributed by atoms with Gasteiger partial charge in [0.2, 0.25) is 0 Å². The molecule has 0 aromatic heterocycles. The van der Waals surface area contributed by atoms with Crippen LogP contribution in [0.5, 0.6) is 0 Å². The number of hydrogen-bond donors (Lipinski definition) is 2. The summed E-state index contributed by atoms with van der Waals surface area (Å²) in [5.41, 5.74) is 6.54. The summed E-state index contributed by atoms with van der Waals surface area (Å²) in [6.45, 7) is 10.2. The molecule has 0 bridgehead atoms. The fourth-order valence-corrected chi connectivity index (χ4v) is 3.14. The van der Waals surface area contributed by atoms with Gasteiger partial charge in [-0.3, -0.25) is 0 Å². The largest absolute Gasteiger partial charge is 0.328 e. The van der Waals surface area contributed by atoms with Gasteiger partial charge in [0.15, 0.2) is 0 Å². The van der Waals surface area contributed by atoms with Crippen molar-refractivity contribution in [3.8, 4) is 0 Å². The van der Waals surface area contributed by atoms with E-state index in [0.29, 0.717) is 12.0 Å². The van der Waals surface area contributed by atoms with Crippen LogP contribution < -0.4 is 11.1 Å². The van der Waals surface area contributed by atoms with Crippen LogP contribution in [0.2, 0.25) is 0 Å². The Kier molecular flexibility index (Phi) is 6.65. The molecular weight excluding hydrogens is 220 g/mol. The highest BCUT2D eigenvalue weighted by Gasteiger charge is 2.23. The molecule has 0 radical (unpaired) electrons. The van der Waals surface area contributed by atoms with Gasteiger partial charge in [-0.1, -0.05) is 46.0 Å². The third-order valence-electron chi connectivity index (χ3n) is 4.12. The Morgan fingerprint density at radius 1 is 1.17 bits per heavy atom. The van der Waals surface area contributed by atoms with Crippen molar-refractivity contribution in [3.05, 3.63) is 0 Å². The zero-order chi connectivity index (χ0) is 13.6. The van der Waals surface area contributed by atoms with Crippen LogP contribution in [0.4, 0.5) is 0 Å². The number of rotatable bonds is 7. The number of nitrogens with one attached hydrogen (secondary N) is 1. The molecule has 0 aliphatic heterocycles. The molecule has 0 amide bonds. The molecule has 0 aromatic rings. The summed E-state index contributed by atoms with van der Waals surface area (Å²) < 4.78 is 0. The molecule has 3 N–H and O–H groups in total. The third kappa shape index (κ3) is 6.75. The molecule has 1 atom stereocenters. The van der Waals surface area contributed by atoms with Gasteiger partial charge in [0.05, 0.1) is 0 Å². The van der Waals surface area contributed by atoms with Crippen LogP contribution in [-0.2, 0) is 0 Å². The van der Waals surface area contributed by atoms with Gasteiger partial charge in [0.1, 0.15) is 0 Å². The molecule has 1 unspecified atom stereocenters. The lowest BCUT2D eigenvalue weighted by molar-refractivity contribution is 0.267. The van der Waals surface area contributed by atoms with Crippen LogP contribution in [0.15, 0.2) is 0 Å². The van der Waals surface area contributed by atoms with Gasteiger partial charge in [0.25, 0.3) is 0 Å². The highest BCUT2D eigenvalue weighted by atomic mass is 15.0. The summed E-state index contributed by atoms with van der Waals surface area (Å²) in [6, 6.07) is 0.364. The molecule has 1 saturated carbocycles. The van der Waals surface area contributed by atoms with E-state index in [1.165, 1.54) is 38.5 Å². The van der Waals surface area contributed by atoms with Crippen LogP contribution in [0.3, 0.4) is 0 Å². The summed E-state index contributed by atoms with van der Waals surface area (Å²) in [7, 11) is 0. The average Bonchev–Trinajstić information content (AvgIpc) is 2.27. The lowest BCUT2D eigenvalue weighted by Gasteiger charge is -2.32. The molecule has 18 heavy (non-hydrogen) atoms. The summed E-state index contributed by atoms with van der Waals surface area (Å²) >= 11 is 0. The van der Waals surface area contributed by atoms with Gasteiger partial charge in [0, 0.05) is 11.6 Å². The van der Waals surface area contributed by atoms with Crippen LogP contribution in [-0.4, -0.2) is 18.1 Å². The van der Waals surface area contributed by atoms with E-state index in [1.54, 1.807) is 0 Å². The van der Waals surface area contributed by atoms with E-state index in [2.05, 4.69) is 33.0 Å². The average molecular weight is 254 g/mol. The molecule has 0 heterocycles. The van der Waals surface area contributed by atoms with Crippen molar-refractivity contribution in [3.63, 3.8) is 0 Å². The monoisotopic (exact) mass is 254 g/mol. The molecule has 2 heteroatoms. The maximum atomic E-state index is 6.36. The molecule has 108 valence electrons. The molecule has 0 spiro atoms. The summed E-state index contributed by atoms with van der Waals surface area (Å²) in [6.07, 6.45) is 9.43. The standard InChI is InChI=1S/C16H34N2/c1-13(2)12-18-16(3,4)11-15(17)10-14-8-6-5-7-9-14/h13-15,18H,5-12,17H2,1-4H3. The maximum Gasteiger partial charge on any atom is 0.0140 e. The van der Waals surface area contributed by atoms with E-state index in [9.17, 15) is 0 Å². The topological polar surface area (TPSA) is 38.0 Å². The fraction of sp³-hybridized carbons (Fsp3) is 1.00. The highest BCUT2D eigenvalue weighted by molar-refractivity contribution is 4.84. The first-order valence-electron chi connectivity index (χ1n) is 7.89. The van der Waals surface area contributed by atoms with E-state index in [-0.39, 0.29) is 5.54 Å². The second-order valence-electron chi connectivity index (χ2n) is 7.36. The summed E-state index contributed by atoms with van der Waals surface area (Å²) in [5, 5.41) is 3.65. The van der Waals surface area contributed by atoms with Crippen molar-refractivity contribution in [2.45, 2.75) is 84.2 Å². The predicted octanol–water partition coefficient (Wildman–Crippen LogP) is 3.70. The van der Waals surface area contributed by atoms with Gasteiger partial charge in [-0.15, -0.1) is 0 Å². The van der Waals surface area contributed by atoms with Crippen LogP contribution >= 0.6 is 0 Å². The van der Waals surface area contributed by atoms with Crippen LogP contribution in [0.25, 0.3) is 0 Å². The SMILES string of the molecule is CC(C)CNC(C)(C)CC(N)CC1CCCCC1. The summed E-state index contributed by atoms with van der Waals surface area (Å²) in [5.74, 6) is 1.61. The summed E-state index contributed by atoms with van der Waals surface area (Å²) in [4.78, 5) is 0. The minimum absolute atomic E-state index is 0.179. The van der Waals surface area contributed by atoms with Gasteiger partial charge < -0.3 is 11.1 Å². The molecular formula is C16H34N2. The molecule has 0 aromatic carbocycles. The van der Waals surface area contributed by atoms with Gasteiger partial charge in [-0.05, 0) is 45.1 Å². The van der Waals surface area contributed by atoms with Crippen LogP contribution in [0.1, 0.15) is 72.6 Å². The zero-order valence-electron chi connectivity index (χ0n) is 13.0. The Labute approximate surface area is 114 Å². The van der Waals surface area contributed by atoms with Crippen molar-refractivity contribution in [1.82, 2.24) is 5.32 Å². The normalized spacial score (nSPS) is 20.3. The van der Waals surface area contributed by atoms with Crippen molar-refractivity contribution in [2.24, 2.45) is 17.6 Å². The van der Waals surface area contributed by atoms with E-state index >= 15 is 0 Å². The van der Waals surface area contributed by atoms with E-state index < -0.39 is 0 Å². The van der Waals surface area contributed by atoms with E-state index in [4.69, 9.17) is 5.73 Å². The Morgan fingerprint density at radius 3 is 2.33 bits per heavy atom. The molecule has 1 rings (SSSR count). The second-order valence-corrected chi connectivity index (χ2v) is 7.36. The molecule has 1 aliphatic carbocycles. The second kappa shape index (κ2) is 7.49. The van der Waals surface area contributed by atoms with E-state index in [0.717, 1.165) is 18.9 Å². The minimum atomic E-state index is 0.179. The number of nitrogens with two attached hydrogens (primary N) is 1. The van der Waals surface area contributed by atoms with Crippen LogP contribution in [0, 0.1) is 11.8 Å². The maximum absolute atomic E-state index is 6.36. The molecule has 2 nitrogen and oxygen atoms in total. The first-order chi connectivity index (χ1) is 8.39. The Balaban J connectivity index is 2.26. The third-order valence-corrected chi connectivity index (χ3v) is 4.12. The fourth-order valence-electron chi connectivity index (χ4n) is 3.14. The molecule has 0 saturated heterocycles. The van der Waals surface area contributed by atoms with Crippen molar-refractivity contribution < 1.29 is 0 Å². The number of hydrogen-bond acceptors (Lipinski definition) is 2. The van der Waals surface area contributed by atoms with Gasteiger partial charge in [-0.2, -0.15) is 0 Å². The quantitative estimate of drug-likeness (QED) is 0.727. The lowest BCUT2D eigenvalue weighted by Crippen LogP contribution is -2.46. The zero-order valence-corrected chi connectivity index (χ0v) is 13.0. The Hall–Kier alpha value is -0.0800. The molecule has 1 aliphatic rings. The first kappa shape index (κ1) is 16.0. The predicted molar refractivity (Wildman–Crippen MR) is 80.7 cm³/mol. The van der Waals surface area contributed by atoms with Gasteiger partial charge >= 0.3 is 0 Å². The Morgan fingerprint density at radius 2 is 1.78 bits per heavy atom. The Bertz CT molecular complexity index is 217. The molecule has 1 fully saturated rings. The minimum Gasteiger partial charge on any atom is -0.328 e. The van der Waals surface area contributed by atoms with Crippen molar-refractivity contribution >= 4 is 0 Å².